The molecule has 1 aliphatic rings. The molecule has 0 saturated carbocycles. The van der Waals surface area contributed by atoms with Crippen LogP contribution in [0.3, 0.4) is 0 Å². The molecule has 1 aromatic carbocycles. The minimum absolute atomic E-state index is 0.0219. The van der Waals surface area contributed by atoms with Crippen LogP contribution in [-0.2, 0) is 9.47 Å². The summed E-state index contributed by atoms with van der Waals surface area (Å²) in [6, 6.07) is 9.99. The van der Waals surface area contributed by atoms with Crippen LogP contribution in [0.5, 0.6) is 0 Å². The van der Waals surface area contributed by atoms with Gasteiger partial charge in [0.05, 0.1) is 12.6 Å². The minimum Gasteiger partial charge on any atom is -0.450 e. The van der Waals surface area contributed by atoms with E-state index in [1.165, 1.54) is 0 Å². The summed E-state index contributed by atoms with van der Waals surface area (Å²) in [5.41, 5.74) is 1.10. The van der Waals surface area contributed by atoms with Gasteiger partial charge in [0.1, 0.15) is 12.3 Å². The lowest BCUT2D eigenvalue weighted by atomic mass is 10.0. The van der Waals surface area contributed by atoms with E-state index in [-0.39, 0.29) is 24.5 Å². The normalized spacial score (nSPS) is 26.5. The Morgan fingerprint density at radius 2 is 2.00 bits per heavy atom. The first-order chi connectivity index (χ1) is 9.19. The number of rotatable bonds is 3. The Hall–Kier alpha value is -1.55. The fourth-order valence-electron chi connectivity index (χ4n) is 2.53. The average molecular weight is 263 g/mol. The summed E-state index contributed by atoms with van der Waals surface area (Å²) in [6.07, 6.45) is 0.169. The van der Waals surface area contributed by atoms with Crippen LogP contribution < -0.4 is 0 Å². The van der Waals surface area contributed by atoms with Crippen LogP contribution in [0.1, 0.15) is 38.9 Å². The van der Waals surface area contributed by atoms with Crippen molar-refractivity contribution in [1.29, 1.82) is 0 Å². The monoisotopic (exact) mass is 263 g/mol. The SMILES string of the molecule is CCOC(=O)N1[C@H](CC)O[C@H](c2ccccc2)[C@@H]1C. The maximum absolute atomic E-state index is 12.0. The summed E-state index contributed by atoms with van der Waals surface area (Å²) >= 11 is 0. The summed E-state index contributed by atoms with van der Waals surface area (Å²) in [7, 11) is 0. The van der Waals surface area contributed by atoms with Crippen molar-refractivity contribution in [1.82, 2.24) is 4.90 Å². The van der Waals surface area contributed by atoms with Crippen molar-refractivity contribution in [2.24, 2.45) is 0 Å². The minimum atomic E-state index is -0.291. The van der Waals surface area contributed by atoms with Crippen LogP contribution in [0, 0.1) is 0 Å². The van der Waals surface area contributed by atoms with Gasteiger partial charge < -0.3 is 9.47 Å². The fraction of sp³-hybridized carbons (Fsp3) is 0.533. The van der Waals surface area contributed by atoms with Crippen LogP contribution in [0.25, 0.3) is 0 Å². The lowest BCUT2D eigenvalue weighted by Crippen LogP contribution is -2.41. The maximum Gasteiger partial charge on any atom is 0.412 e. The maximum atomic E-state index is 12.0. The van der Waals surface area contributed by atoms with Crippen molar-refractivity contribution in [2.45, 2.75) is 45.6 Å². The zero-order valence-electron chi connectivity index (χ0n) is 11.7. The third kappa shape index (κ3) is 2.73. The Bertz CT molecular complexity index is 421. The quantitative estimate of drug-likeness (QED) is 0.839. The molecule has 1 aliphatic heterocycles. The average Bonchev–Trinajstić information content (AvgIpc) is 2.77. The van der Waals surface area contributed by atoms with Crippen molar-refractivity contribution in [3.05, 3.63) is 35.9 Å². The molecule has 1 heterocycles. The van der Waals surface area contributed by atoms with Gasteiger partial charge in [0.2, 0.25) is 0 Å². The van der Waals surface area contributed by atoms with Gasteiger partial charge in [-0.1, -0.05) is 37.3 Å². The van der Waals surface area contributed by atoms with Gasteiger partial charge in [-0.2, -0.15) is 0 Å². The van der Waals surface area contributed by atoms with E-state index in [2.05, 4.69) is 0 Å². The Balaban J connectivity index is 2.20. The molecule has 3 atom stereocenters. The molecule has 0 aromatic heterocycles. The molecule has 104 valence electrons. The van der Waals surface area contributed by atoms with Crippen LogP contribution in [0.2, 0.25) is 0 Å². The molecule has 0 spiro atoms. The Morgan fingerprint density at radius 1 is 1.32 bits per heavy atom. The van der Waals surface area contributed by atoms with E-state index in [1.807, 2.05) is 51.1 Å². The standard InChI is InChI=1S/C15H21NO3/c1-4-13-16(15(17)18-5-2)11(3)14(19-13)12-9-7-6-8-10-12/h6-11,13-14H,4-5H2,1-3H3/t11-,13-,14-/m0/s1. The van der Waals surface area contributed by atoms with Gasteiger partial charge in [-0.3, -0.25) is 4.90 Å². The molecule has 4 heteroatoms. The first kappa shape index (κ1) is 13.9. The van der Waals surface area contributed by atoms with Gasteiger partial charge in [0.25, 0.3) is 0 Å². The van der Waals surface area contributed by atoms with Crippen molar-refractivity contribution in [3.63, 3.8) is 0 Å². The molecule has 0 unspecified atom stereocenters. The number of amides is 1. The van der Waals surface area contributed by atoms with Crippen molar-refractivity contribution in [3.8, 4) is 0 Å². The molecule has 2 rings (SSSR count). The van der Waals surface area contributed by atoms with Crippen LogP contribution in [0.4, 0.5) is 4.79 Å². The van der Waals surface area contributed by atoms with Gasteiger partial charge in [-0.25, -0.2) is 4.79 Å². The van der Waals surface area contributed by atoms with E-state index < -0.39 is 0 Å². The van der Waals surface area contributed by atoms with Crippen LogP contribution in [0.15, 0.2) is 30.3 Å². The Morgan fingerprint density at radius 3 is 2.58 bits per heavy atom. The first-order valence-corrected chi connectivity index (χ1v) is 6.84. The van der Waals surface area contributed by atoms with Crippen LogP contribution in [-0.4, -0.2) is 29.9 Å². The molecule has 1 aromatic rings. The fourth-order valence-corrected chi connectivity index (χ4v) is 2.53. The molecule has 4 nitrogen and oxygen atoms in total. The Labute approximate surface area is 114 Å². The second-order valence-corrected chi connectivity index (χ2v) is 4.68. The summed E-state index contributed by atoms with van der Waals surface area (Å²) in [6.45, 7) is 6.21. The molecule has 19 heavy (non-hydrogen) atoms. The third-order valence-corrected chi connectivity index (χ3v) is 3.45. The molecule has 1 fully saturated rings. The molecule has 0 aliphatic carbocycles. The third-order valence-electron chi connectivity index (χ3n) is 3.45. The molecular weight excluding hydrogens is 242 g/mol. The van der Waals surface area contributed by atoms with Crippen molar-refractivity contribution < 1.29 is 14.3 Å². The zero-order valence-corrected chi connectivity index (χ0v) is 11.7. The van der Waals surface area contributed by atoms with Gasteiger partial charge in [0, 0.05) is 0 Å². The topological polar surface area (TPSA) is 38.8 Å². The van der Waals surface area contributed by atoms with E-state index in [0.29, 0.717) is 6.61 Å². The number of hydrogen-bond acceptors (Lipinski definition) is 3. The van der Waals surface area contributed by atoms with E-state index >= 15 is 0 Å². The number of carbonyl (C=O) groups is 1. The molecule has 0 bridgehead atoms. The van der Waals surface area contributed by atoms with Crippen LogP contribution >= 0.6 is 0 Å². The van der Waals surface area contributed by atoms with Gasteiger partial charge in [-0.15, -0.1) is 0 Å². The largest absolute Gasteiger partial charge is 0.450 e. The number of benzene rings is 1. The predicted molar refractivity (Wildman–Crippen MR) is 72.7 cm³/mol. The number of ether oxygens (including phenoxy) is 2. The zero-order chi connectivity index (χ0) is 13.8. The van der Waals surface area contributed by atoms with E-state index in [9.17, 15) is 4.79 Å². The second-order valence-electron chi connectivity index (χ2n) is 4.68. The first-order valence-electron chi connectivity index (χ1n) is 6.84. The highest BCUT2D eigenvalue weighted by molar-refractivity contribution is 5.68. The summed E-state index contributed by atoms with van der Waals surface area (Å²) in [5.74, 6) is 0. The lowest BCUT2D eigenvalue weighted by Gasteiger charge is -2.25. The second kappa shape index (κ2) is 6.06. The highest BCUT2D eigenvalue weighted by atomic mass is 16.6. The smallest absolute Gasteiger partial charge is 0.412 e. The number of carbonyl (C=O) groups excluding carboxylic acids is 1. The van der Waals surface area contributed by atoms with Gasteiger partial charge >= 0.3 is 6.09 Å². The van der Waals surface area contributed by atoms with E-state index in [1.54, 1.807) is 4.90 Å². The molecule has 0 N–H and O–H groups in total. The van der Waals surface area contributed by atoms with E-state index in [0.717, 1.165) is 12.0 Å². The van der Waals surface area contributed by atoms with Gasteiger partial charge in [-0.05, 0) is 25.8 Å². The highest BCUT2D eigenvalue weighted by Gasteiger charge is 2.42. The van der Waals surface area contributed by atoms with Crippen molar-refractivity contribution >= 4 is 6.09 Å². The Kier molecular flexibility index (Phi) is 4.43. The van der Waals surface area contributed by atoms with Gasteiger partial charge in [0.15, 0.2) is 0 Å². The number of nitrogens with zero attached hydrogens (tertiary/aromatic N) is 1. The van der Waals surface area contributed by atoms with Crippen molar-refractivity contribution in [2.75, 3.05) is 6.61 Å². The molecule has 1 amide bonds. The summed E-state index contributed by atoms with van der Waals surface area (Å²) in [5, 5.41) is 0. The summed E-state index contributed by atoms with van der Waals surface area (Å²) in [4.78, 5) is 13.7. The number of hydrogen-bond donors (Lipinski definition) is 0. The predicted octanol–water partition coefficient (Wildman–Crippen LogP) is 3.34. The molecule has 1 saturated heterocycles. The highest BCUT2D eigenvalue weighted by Crippen LogP contribution is 2.36. The van der Waals surface area contributed by atoms with E-state index in [4.69, 9.17) is 9.47 Å². The molecule has 0 radical (unpaired) electrons. The lowest BCUT2D eigenvalue weighted by molar-refractivity contribution is -0.00330. The molecular formula is C15H21NO3. The summed E-state index contributed by atoms with van der Waals surface area (Å²) < 4.78 is 11.1.